The second-order valence-corrected chi connectivity index (χ2v) is 5.67. The van der Waals surface area contributed by atoms with Crippen LogP contribution in [0.15, 0.2) is 47.5 Å². The van der Waals surface area contributed by atoms with Crippen LogP contribution in [-0.4, -0.2) is 39.7 Å². The molecular formula is C20H26N4O3. The summed E-state index contributed by atoms with van der Waals surface area (Å²) in [5, 5.41) is 9.08. The summed E-state index contributed by atoms with van der Waals surface area (Å²) in [6.45, 7) is 3.16. The van der Waals surface area contributed by atoms with Crippen molar-refractivity contribution in [3.63, 3.8) is 0 Å². The monoisotopic (exact) mass is 370 g/mol. The Hall–Kier alpha value is -3.22. The molecule has 0 fully saturated rings. The van der Waals surface area contributed by atoms with Crippen LogP contribution in [0.25, 0.3) is 0 Å². The third-order valence-electron chi connectivity index (χ3n) is 3.83. The zero-order valence-corrected chi connectivity index (χ0v) is 16.1. The van der Waals surface area contributed by atoms with E-state index < -0.39 is 0 Å². The average Bonchev–Trinajstić information content (AvgIpc) is 2.71. The Morgan fingerprint density at radius 3 is 2.52 bits per heavy atom. The molecule has 2 aromatic rings. The van der Waals surface area contributed by atoms with Gasteiger partial charge in [0, 0.05) is 30.9 Å². The summed E-state index contributed by atoms with van der Waals surface area (Å²) < 4.78 is 10.6. The molecule has 0 aliphatic heterocycles. The molecule has 2 rings (SSSR count). The minimum absolute atomic E-state index is 0.115. The molecule has 3 N–H and O–H groups in total. The normalized spacial score (nSPS) is 10.9. The van der Waals surface area contributed by atoms with E-state index >= 15 is 0 Å². The molecule has 0 saturated heterocycles. The van der Waals surface area contributed by atoms with Gasteiger partial charge in [-0.25, -0.2) is 4.99 Å². The molecule has 0 spiro atoms. The number of carbonyl (C=O) groups is 1. The number of guanidine groups is 1. The fourth-order valence-electron chi connectivity index (χ4n) is 2.48. The zero-order valence-electron chi connectivity index (χ0n) is 16.1. The van der Waals surface area contributed by atoms with Crippen molar-refractivity contribution in [1.82, 2.24) is 10.6 Å². The molecule has 0 aliphatic rings. The van der Waals surface area contributed by atoms with Crippen molar-refractivity contribution < 1.29 is 14.3 Å². The SMILES string of the molecule is CCNC(=NCc1cccc(C(=O)NC)c1)Nc1ccc(OC)c(OC)c1. The standard InChI is InChI=1S/C20H26N4O3/c1-5-22-20(24-16-9-10-17(26-3)18(12-16)27-4)23-13-14-7-6-8-15(11-14)19(25)21-2/h6-12H,5,13H2,1-4H3,(H,21,25)(H2,22,23,24). The average molecular weight is 370 g/mol. The van der Waals surface area contributed by atoms with E-state index in [4.69, 9.17) is 9.47 Å². The molecule has 7 nitrogen and oxygen atoms in total. The number of amides is 1. The van der Waals surface area contributed by atoms with Crippen LogP contribution >= 0.6 is 0 Å². The van der Waals surface area contributed by atoms with E-state index in [1.165, 1.54) is 0 Å². The van der Waals surface area contributed by atoms with Crippen LogP contribution in [0, 0.1) is 0 Å². The van der Waals surface area contributed by atoms with Crippen molar-refractivity contribution >= 4 is 17.6 Å². The minimum atomic E-state index is -0.115. The Kier molecular flexibility index (Phi) is 7.49. The Morgan fingerprint density at radius 1 is 1.07 bits per heavy atom. The van der Waals surface area contributed by atoms with Crippen molar-refractivity contribution in [3.8, 4) is 11.5 Å². The summed E-state index contributed by atoms with van der Waals surface area (Å²) in [5.74, 6) is 1.82. The number of ether oxygens (including phenoxy) is 2. The van der Waals surface area contributed by atoms with Gasteiger partial charge in [-0.15, -0.1) is 0 Å². The molecule has 0 saturated carbocycles. The first-order chi connectivity index (χ1) is 13.1. The molecule has 27 heavy (non-hydrogen) atoms. The number of carbonyl (C=O) groups excluding carboxylic acids is 1. The maximum absolute atomic E-state index is 11.8. The van der Waals surface area contributed by atoms with Crippen LogP contribution in [0.1, 0.15) is 22.8 Å². The van der Waals surface area contributed by atoms with Crippen LogP contribution in [0.5, 0.6) is 11.5 Å². The topological polar surface area (TPSA) is 84.0 Å². The smallest absolute Gasteiger partial charge is 0.251 e. The fourth-order valence-corrected chi connectivity index (χ4v) is 2.48. The Balaban J connectivity index is 2.16. The number of nitrogens with zero attached hydrogens (tertiary/aromatic N) is 1. The quantitative estimate of drug-likeness (QED) is 0.515. The second kappa shape index (κ2) is 10.1. The molecule has 0 atom stereocenters. The van der Waals surface area contributed by atoms with Gasteiger partial charge in [-0.2, -0.15) is 0 Å². The molecule has 144 valence electrons. The maximum Gasteiger partial charge on any atom is 0.251 e. The van der Waals surface area contributed by atoms with Crippen LogP contribution < -0.4 is 25.4 Å². The molecule has 1 amide bonds. The number of hydrogen-bond donors (Lipinski definition) is 3. The fraction of sp³-hybridized carbons (Fsp3) is 0.300. The molecule has 7 heteroatoms. The van der Waals surface area contributed by atoms with Crippen molar-refractivity contribution in [3.05, 3.63) is 53.6 Å². The Labute approximate surface area is 159 Å². The van der Waals surface area contributed by atoms with Crippen molar-refractivity contribution in [1.29, 1.82) is 0 Å². The predicted molar refractivity (Wildman–Crippen MR) is 108 cm³/mol. The van der Waals surface area contributed by atoms with Gasteiger partial charge in [-0.3, -0.25) is 4.79 Å². The number of nitrogens with one attached hydrogen (secondary N) is 3. The van der Waals surface area contributed by atoms with Gasteiger partial charge >= 0.3 is 0 Å². The number of methoxy groups -OCH3 is 2. The van der Waals surface area contributed by atoms with Crippen LogP contribution in [0.4, 0.5) is 5.69 Å². The van der Waals surface area contributed by atoms with E-state index in [-0.39, 0.29) is 5.91 Å². The van der Waals surface area contributed by atoms with E-state index in [0.29, 0.717) is 29.6 Å². The van der Waals surface area contributed by atoms with Gasteiger partial charge in [0.15, 0.2) is 17.5 Å². The highest BCUT2D eigenvalue weighted by Crippen LogP contribution is 2.29. The highest BCUT2D eigenvalue weighted by Gasteiger charge is 2.07. The second-order valence-electron chi connectivity index (χ2n) is 5.67. The van der Waals surface area contributed by atoms with Crippen LogP contribution in [0.3, 0.4) is 0 Å². The first-order valence-electron chi connectivity index (χ1n) is 8.69. The van der Waals surface area contributed by atoms with Crippen molar-refractivity contribution in [2.75, 3.05) is 33.1 Å². The highest BCUT2D eigenvalue weighted by molar-refractivity contribution is 5.95. The molecule has 0 unspecified atom stereocenters. The molecular weight excluding hydrogens is 344 g/mol. The number of aliphatic imine (C=N–C) groups is 1. The van der Waals surface area contributed by atoms with Gasteiger partial charge in [-0.1, -0.05) is 12.1 Å². The summed E-state index contributed by atoms with van der Waals surface area (Å²) in [4.78, 5) is 16.4. The minimum Gasteiger partial charge on any atom is -0.493 e. The van der Waals surface area contributed by atoms with E-state index in [1.807, 2.05) is 43.3 Å². The molecule has 2 aromatic carbocycles. The number of benzene rings is 2. The molecule has 0 aromatic heterocycles. The van der Waals surface area contributed by atoms with Gasteiger partial charge < -0.3 is 25.4 Å². The van der Waals surface area contributed by atoms with E-state index in [1.54, 1.807) is 27.3 Å². The lowest BCUT2D eigenvalue weighted by atomic mass is 10.1. The van der Waals surface area contributed by atoms with E-state index in [2.05, 4.69) is 20.9 Å². The Bertz CT molecular complexity index is 806. The lowest BCUT2D eigenvalue weighted by Gasteiger charge is -2.14. The van der Waals surface area contributed by atoms with Crippen LogP contribution in [0.2, 0.25) is 0 Å². The lowest BCUT2D eigenvalue weighted by Crippen LogP contribution is -2.30. The zero-order chi connectivity index (χ0) is 19.6. The summed E-state index contributed by atoms with van der Waals surface area (Å²) in [6, 6.07) is 13.0. The molecule has 0 aliphatic carbocycles. The van der Waals surface area contributed by atoms with Gasteiger partial charge in [-0.05, 0) is 36.8 Å². The predicted octanol–water partition coefficient (Wildman–Crippen LogP) is 2.64. The third kappa shape index (κ3) is 5.64. The Morgan fingerprint density at radius 2 is 1.85 bits per heavy atom. The number of rotatable bonds is 7. The van der Waals surface area contributed by atoms with Gasteiger partial charge in [0.05, 0.1) is 20.8 Å². The molecule has 0 bridgehead atoms. The largest absolute Gasteiger partial charge is 0.493 e. The highest BCUT2D eigenvalue weighted by atomic mass is 16.5. The summed E-state index contributed by atoms with van der Waals surface area (Å²) >= 11 is 0. The number of hydrogen-bond acceptors (Lipinski definition) is 4. The first-order valence-corrected chi connectivity index (χ1v) is 8.69. The molecule has 0 heterocycles. The van der Waals surface area contributed by atoms with Gasteiger partial charge in [0.2, 0.25) is 0 Å². The number of anilines is 1. The third-order valence-corrected chi connectivity index (χ3v) is 3.83. The first kappa shape index (κ1) is 20.1. The van der Waals surface area contributed by atoms with Crippen molar-refractivity contribution in [2.24, 2.45) is 4.99 Å². The molecule has 0 radical (unpaired) electrons. The maximum atomic E-state index is 11.8. The van der Waals surface area contributed by atoms with Crippen molar-refractivity contribution in [2.45, 2.75) is 13.5 Å². The van der Waals surface area contributed by atoms with Gasteiger partial charge in [0.25, 0.3) is 5.91 Å². The summed E-state index contributed by atoms with van der Waals surface area (Å²) in [5.41, 5.74) is 2.38. The van der Waals surface area contributed by atoms with E-state index in [9.17, 15) is 4.79 Å². The van der Waals surface area contributed by atoms with Gasteiger partial charge in [0.1, 0.15) is 0 Å². The summed E-state index contributed by atoms with van der Waals surface area (Å²) in [7, 11) is 4.81. The lowest BCUT2D eigenvalue weighted by molar-refractivity contribution is 0.0963. The summed E-state index contributed by atoms with van der Waals surface area (Å²) in [6.07, 6.45) is 0. The van der Waals surface area contributed by atoms with E-state index in [0.717, 1.165) is 17.8 Å². The van der Waals surface area contributed by atoms with Crippen LogP contribution in [-0.2, 0) is 6.54 Å².